The van der Waals surface area contributed by atoms with E-state index in [1.807, 2.05) is 17.8 Å². The first kappa shape index (κ1) is 14.4. The number of rotatable bonds is 5. The van der Waals surface area contributed by atoms with Gasteiger partial charge in [0, 0.05) is 23.7 Å². The van der Waals surface area contributed by atoms with Gasteiger partial charge in [-0.1, -0.05) is 29.8 Å². The Morgan fingerprint density at radius 1 is 1.37 bits per heavy atom. The number of methoxy groups -OCH3 is 1. The number of hydrogen-bond acceptors (Lipinski definition) is 3. The molecule has 1 aliphatic carbocycles. The number of ketones is 1. The number of carbonyl (C=O) groups is 1. The van der Waals surface area contributed by atoms with Gasteiger partial charge in [-0.05, 0) is 31.9 Å². The van der Waals surface area contributed by atoms with Gasteiger partial charge in [-0.2, -0.15) is 0 Å². The van der Waals surface area contributed by atoms with Crippen LogP contribution in [0.15, 0.2) is 46.9 Å². The van der Waals surface area contributed by atoms with Crippen LogP contribution in [0.4, 0.5) is 0 Å². The van der Waals surface area contributed by atoms with Gasteiger partial charge < -0.3 is 4.74 Å². The molecule has 2 nitrogen and oxygen atoms in total. The van der Waals surface area contributed by atoms with E-state index in [-0.39, 0.29) is 17.8 Å². The van der Waals surface area contributed by atoms with Crippen LogP contribution in [0.5, 0.6) is 0 Å². The largest absolute Gasteiger partial charge is 0.377 e. The zero-order valence-corrected chi connectivity index (χ0v) is 12.3. The molecule has 0 bridgehead atoms. The summed E-state index contributed by atoms with van der Waals surface area (Å²) in [6.45, 7) is 1.66. The van der Waals surface area contributed by atoms with Gasteiger partial charge in [0.1, 0.15) is 5.78 Å². The van der Waals surface area contributed by atoms with Crippen LogP contribution in [0.2, 0.25) is 0 Å². The highest BCUT2D eigenvalue weighted by atomic mass is 32.2. The minimum Gasteiger partial charge on any atom is -0.377 e. The molecule has 0 saturated heterocycles. The van der Waals surface area contributed by atoms with E-state index in [1.54, 1.807) is 14.0 Å². The van der Waals surface area contributed by atoms with E-state index < -0.39 is 0 Å². The maximum atomic E-state index is 11.5. The first-order valence-corrected chi connectivity index (χ1v) is 7.60. The molecule has 2 rings (SSSR count). The second-order valence-electron chi connectivity index (χ2n) is 4.88. The highest BCUT2D eigenvalue weighted by Crippen LogP contribution is 2.30. The topological polar surface area (TPSA) is 26.3 Å². The smallest absolute Gasteiger partial charge is 0.135 e. The lowest BCUT2D eigenvalue weighted by molar-refractivity contribution is -0.124. The van der Waals surface area contributed by atoms with Gasteiger partial charge in [0.2, 0.25) is 0 Å². The second kappa shape index (κ2) is 6.92. The zero-order valence-electron chi connectivity index (χ0n) is 11.5. The molecule has 0 aromatic heterocycles. The average Bonchev–Trinajstić information content (AvgIpc) is 2.45. The minimum absolute atomic E-state index is 0.0375. The quantitative estimate of drug-likeness (QED) is 0.605. The van der Waals surface area contributed by atoms with Crippen LogP contribution >= 0.6 is 11.8 Å². The van der Waals surface area contributed by atoms with Crippen LogP contribution in [-0.2, 0) is 9.53 Å². The molecule has 0 spiro atoms. The van der Waals surface area contributed by atoms with E-state index in [0.717, 1.165) is 18.6 Å². The monoisotopic (exact) mass is 276 g/mol. The van der Waals surface area contributed by atoms with Gasteiger partial charge >= 0.3 is 0 Å². The molecule has 1 aromatic carbocycles. The van der Waals surface area contributed by atoms with Crippen molar-refractivity contribution in [2.24, 2.45) is 5.92 Å². The van der Waals surface area contributed by atoms with Crippen molar-refractivity contribution in [1.29, 1.82) is 0 Å². The van der Waals surface area contributed by atoms with E-state index in [2.05, 4.69) is 30.3 Å². The van der Waals surface area contributed by atoms with Crippen molar-refractivity contribution in [2.45, 2.75) is 30.8 Å². The third-order valence-electron chi connectivity index (χ3n) is 3.53. The SMILES string of the molecule is COC1C=C(CSc2ccccc2)CCC1C(C)=O. The number of carbonyl (C=O) groups excluding carboxylic acids is 1. The molecule has 0 amide bonds. The molecule has 1 aromatic rings. The third-order valence-corrected chi connectivity index (χ3v) is 4.66. The fourth-order valence-electron chi connectivity index (χ4n) is 2.42. The average molecular weight is 276 g/mol. The number of hydrogen-bond donors (Lipinski definition) is 0. The summed E-state index contributed by atoms with van der Waals surface area (Å²) in [5, 5.41) is 0. The lowest BCUT2D eigenvalue weighted by Crippen LogP contribution is -2.30. The van der Waals surface area contributed by atoms with E-state index in [1.165, 1.54) is 10.5 Å². The first-order chi connectivity index (χ1) is 9.20. The number of thioether (sulfide) groups is 1. The molecule has 0 heterocycles. The fraction of sp³-hybridized carbons (Fsp3) is 0.438. The summed E-state index contributed by atoms with van der Waals surface area (Å²) in [5.41, 5.74) is 1.39. The molecule has 1 aliphatic rings. The summed E-state index contributed by atoms with van der Waals surface area (Å²) in [7, 11) is 1.68. The maximum Gasteiger partial charge on any atom is 0.135 e. The molecule has 0 fully saturated rings. The van der Waals surface area contributed by atoms with Crippen LogP contribution in [0.25, 0.3) is 0 Å². The minimum atomic E-state index is -0.0439. The molecule has 2 unspecified atom stereocenters. The molecule has 0 radical (unpaired) electrons. The molecule has 3 heteroatoms. The van der Waals surface area contributed by atoms with Crippen molar-refractivity contribution >= 4 is 17.5 Å². The van der Waals surface area contributed by atoms with Crippen LogP contribution in [0.3, 0.4) is 0 Å². The molecular formula is C16H20O2S. The Morgan fingerprint density at radius 2 is 2.11 bits per heavy atom. The fourth-order valence-corrected chi connectivity index (χ4v) is 3.36. The number of ether oxygens (including phenoxy) is 1. The maximum absolute atomic E-state index is 11.5. The van der Waals surface area contributed by atoms with Gasteiger partial charge in [0.05, 0.1) is 6.10 Å². The van der Waals surface area contributed by atoms with E-state index >= 15 is 0 Å². The molecule has 102 valence electrons. The predicted molar refractivity (Wildman–Crippen MR) is 79.5 cm³/mol. The molecular weight excluding hydrogens is 256 g/mol. The zero-order chi connectivity index (χ0) is 13.7. The van der Waals surface area contributed by atoms with Crippen LogP contribution in [0, 0.1) is 5.92 Å². The Labute approximate surface area is 119 Å². The van der Waals surface area contributed by atoms with Crippen molar-refractivity contribution in [3.8, 4) is 0 Å². The van der Waals surface area contributed by atoms with E-state index in [9.17, 15) is 4.79 Å². The Morgan fingerprint density at radius 3 is 2.74 bits per heavy atom. The summed E-state index contributed by atoms with van der Waals surface area (Å²) >= 11 is 1.84. The Bertz CT molecular complexity index is 453. The first-order valence-electron chi connectivity index (χ1n) is 6.61. The van der Waals surface area contributed by atoms with Crippen molar-refractivity contribution < 1.29 is 9.53 Å². The summed E-state index contributed by atoms with van der Waals surface area (Å²) in [6.07, 6.45) is 4.02. The van der Waals surface area contributed by atoms with Crippen LogP contribution < -0.4 is 0 Å². The molecule has 19 heavy (non-hydrogen) atoms. The standard InChI is InChI=1S/C16H20O2S/c1-12(17)15-9-8-13(10-16(15)18-2)11-19-14-6-4-3-5-7-14/h3-7,10,15-16H,8-9,11H2,1-2H3. The molecule has 0 N–H and O–H groups in total. The Balaban J connectivity index is 1.96. The van der Waals surface area contributed by atoms with E-state index in [4.69, 9.17) is 4.74 Å². The van der Waals surface area contributed by atoms with Crippen molar-refractivity contribution in [3.63, 3.8) is 0 Å². The molecule has 0 aliphatic heterocycles. The number of benzene rings is 1. The van der Waals surface area contributed by atoms with Crippen LogP contribution in [-0.4, -0.2) is 24.7 Å². The van der Waals surface area contributed by atoms with Gasteiger partial charge in [0.25, 0.3) is 0 Å². The van der Waals surface area contributed by atoms with Crippen molar-refractivity contribution in [3.05, 3.63) is 42.0 Å². The van der Waals surface area contributed by atoms with Gasteiger partial charge in [-0.3, -0.25) is 4.79 Å². The van der Waals surface area contributed by atoms with Gasteiger partial charge in [0.15, 0.2) is 0 Å². The highest BCUT2D eigenvalue weighted by Gasteiger charge is 2.27. The Kier molecular flexibility index (Phi) is 5.23. The molecule has 0 saturated carbocycles. The van der Waals surface area contributed by atoms with Gasteiger partial charge in [-0.25, -0.2) is 0 Å². The summed E-state index contributed by atoms with van der Waals surface area (Å²) in [5.74, 6) is 1.25. The molecule has 2 atom stereocenters. The number of Topliss-reactive ketones (excluding diaryl/α,β-unsaturated/α-hetero) is 1. The van der Waals surface area contributed by atoms with Gasteiger partial charge in [-0.15, -0.1) is 11.8 Å². The van der Waals surface area contributed by atoms with E-state index in [0.29, 0.717) is 0 Å². The summed E-state index contributed by atoms with van der Waals surface area (Å²) in [4.78, 5) is 12.8. The van der Waals surface area contributed by atoms with Crippen LogP contribution in [0.1, 0.15) is 19.8 Å². The lowest BCUT2D eigenvalue weighted by Gasteiger charge is -2.27. The van der Waals surface area contributed by atoms with Crippen molar-refractivity contribution in [2.75, 3.05) is 12.9 Å². The third kappa shape index (κ3) is 3.95. The van der Waals surface area contributed by atoms with Crippen molar-refractivity contribution in [1.82, 2.24) is 0 Å². The predicted octanol–water partition coefficient (Wildman–Crippen LogP) is 3.72. The highest BCUT2D eigenvalue weighted by molar-refractivity contribution is 7.99. The second-order valence-corrected chi connectivity index (χ2v) is 5.93. The summed E-state index contributed by atoms with van der Waals surface area (Å²) < 4.78 is 5.44. The normalized spacial score (nSPS) is 22.9. The summed E-state index contributed by atoms with van der Waals surface area (Å²) in [6, 6.07) is 10.4. The Hall–Kier alpha value is -1.06. The lowest BCUT2D eigenvalue weighted by atomic mass is 9.85.